The van der Waals surface area contributed by atoms with E-state index in [0.29, 0.717) is 0 Å². The lowest BCUT2D eigenvalue weighted by atomic mass is 9.96. The average molecular weight is 379 g/mol. The lowest BCUT2D eigenvalue weighted by Gasteiger charge is -2.45. The highest BCUT2D eigenvalue weighted by Crippen LogP contribution is 2.24. The van der Waals surface area contributed by atoms with Crippen molar-refractivity contribution in [3.8, 4) is 0 Å². The zero-order valence-electron chi connectivity index (χ0n) is 18.7. The lowest BCUT2D eigenvalue weighted by Crippen LogP contribution is -2.52. The molecule has 2 rings (SSSR count). The summed E-state index contributed by atoms with van der Waals surface area (Å²) in [5.41, 5.74) is 3.02. The largest absolute Gasteiger partial charge is 0.291 e. The normalized spacial score (nSPS) is 13.0. The molecule has 0 amide bonds. The smallest absolute Gasteiger partial charge is 0.0240 e. The van der Waals surface area contributed by atoms with Crippen LogP contribution in [0.5, 0.6) is 0 Å². The van der Waals surface area contributed by atoms with E-state index in [1.165, 1.54) is 11.1 Å². The first-order chi connectivity index (χ1) is 13.2. The minimum Gasteiger partial charge on any atom is -0.291 e. The van der Waals surface area contributed by atoms with Crippen molar-refractivity contribution in [3.05, 3.63) is 83.9 Å². The van der Waals surface area contributed by atoms with Gasteiger partial charge < -0.3 is 0 Å². The van der Waals surface area contributed by atoms with Gasteiger partial charge in [0, 0.05) is 37.3 Å². The van der Waals surface area contributed by atoms with Crippen molar-refractivity contribution in [2.45, 2.75) is 65.7 Å². The summed E-state index contributed by atoms with van der Waals surface area (Å²) in [5.74, 6) is 0. The molecule has 152 valence electrons. The van der Waals surface area contributed by atoms with E-state index in [2.05, 4.69) is 124 Å². The zero-order chi connectivity index (χ0) is 20.6. The summed E-state index contributed by atoms with van der Waals surface area (Å²) in [5, 5.41) is 0. The van der Waals surface area contributed by atoms with Crippen molar-refractivity contribution in [1.82, 2.24) is 9.80 Å². The molecule has 0 atom stereocenters. The molecular formula is C26H38N2. The fourth-order valence-corrected chi connectivity index (χ4v) is 3.83. The van der Waals surface area contributed by atoms with Crippen LogP contribution in [0.4, 0.5) is 0 Å². The summed E-state index contributed by atoms with van der Waals surface area (Å²) in [6.07, 6.45) is 4.66. The molecule has 0 bridgehead atoms. The van der Waals surface area contributed by atoms with Gasteiger partial charge in [-0.2, -0.15) is 0 Å². The van der Waals surface area contributed by atoms with Crippen molar-refractivity contribution in [2.24, 2.45) is 0 Å². The summed E-state index contributed by atoms with van der Waals surface area (Å²) in [4.78, 5) is 5.05. The zero-order valence-corrected chi connectivity index (χ0v) is 18.7. The molecular weight excluding hydrogens is 340 g/mol. The van der Waals surface area contributed by atoms with E-state index >= 15 is 0 Å². The van der Waals surface area contributed by atoms with Crippen LogP contribution >= 0.6 is 0 Å². The van der Waals surface area contributed by atoms with Crippen LogP contribution in [0.15, 0.2) is 72.8 Å². The summed E-state index contributed by atoms with van der Waals surface area (Å²) in [6, 6.07) is 21.5. The van der Waals surface area contributed by atoms with Gasteiger partial charge in [-0.1, -0.05) is 72.8 Å². The molecule has 0 aliphatic carbocycles. The molecule has 0 aliphatic heterocycles. The molecule has 0 heterocycles. The second kappa shape index (κ2) is 10.0. The number of hydrogen-bond donors (Lipinski definition) is 0. The van der Waals surface area contributed by atoms with Crippen molar-refractivity contribution in [1.29, 1.82) is 0 Å². The van der Waals surface area contributed by atoms with Gasteiger partial charge in [-0.25, -0.2) is 0 Å². The molecule has 0 N–H and O–H groups in total. The fourth-order valence-electron chi connectivity index (χ4n) is 3.83. The number of rotatable bonds is 8. The van der Waals surface area contributed by atoms with Gasteiger partial charge in [-0.3, -0.25) is 9.80 Å². The first kappa shape index (κ1) is 22.4. The first-order valence-corrected chi connectivity index (χ1v) is 10.4. The predicted molar refractivity (Wildman–Crippen MR) is 122 cm³/mol. The molecule has 0 radical (unpaired) electrons. The summed E-state index contributed by atoms with van der Waals surface area (Å²) >= 11 is 0. The Bertz CT molecular complexity index is 650. The Kier molecular flexibility index (Phi) is 8.03. The van der Waals surface area contributed by atoms with Crippen LogP contribution in [0.3, 0.4) is 0 Å². The number of hydrogen-bond acceptors (Lipinski definition) is 2. The van der Waals surface area contributed by atoms with Gasteiger partial charge in [0.05, 0.1) is 0 Å². The highest BCUT2D eigenvalue weighted by molar-refractivity contribution is 5.17. The number of nitrogens with zero attached hydrogens (tertiary/aromatic N) is 2. The van der Waals surface area contributed by atoms with Crippen LogP contribution < -0.4 is 0 Å². The molecule has 0 aromatic heterocycles. The molecule has 0 aliphatic rings. The molecule has 0 unspecified atom stereocenters. The van der Waals surface area contributed by atoms with Crippen LogP contribution in [0, 0.1) is 0 Å². The van der Waals surface area contributed by atoms with Gasteiger partial charge in [0.25, 0.3) is 0 Å². The van der Waals surface area contributed by atoms with Gasteiger partial charge >= 0.3 is 0 Å². The first-order valence-electron chi connectivity index (χ1n) is 10.4. The molecule has 28 heavy (non-hydrogen) atoms. The van der Waals surface area contributed by atoms with E-state index in [0.717, 1.165) is 26.2 Å². The van der Waals surface area contributed by atoms with Gasteiger partial charge in [0.1, 0.15) is 0 Å². The van der Waals surface area contributed by atoms with Crippen LogP contribution in [0.25, 0.3) is 0 Å². The van der Waals surface area contributed by atoms with Crippen LogP contribution in [-0.4, -0.2) is 34.0 Å². The van der Waals surface area contributed by atoms with Crippen molar-refractivity contribution >= 4 is 0 Å². The Morgan fingerprint density at radius 2 is 1.00 bits per heavy atom. The molecule has 0 saturated carbocycles. The lowest BCUT2D eigenvalue weighted by molar-refractivity contribution is 0.0518. The van der Waals surface area contributed by atoms with Crippen molar-refractivity contribution in [3.63, 3.8) is 0 Å². The Balaban J connectivity index is 2.03. The highest BCUT2D eigenvalue weighted by atomic mass is 15.2. The minimum atomic E-state index is 0.149. The molecule has 2 heteroatoms. The van der Waals surface area contributed by atoms with Crippen LogP contribution in [0.1, 0.15) is 52.7 Å². The maximum Gasteiger partial charge on any atom is 0.0240 e. The van der Waals surface area contributed by atoms with Crippen LogP contribution in [0.2, 0.25) is 0 Å². The molecule has 2 aromatic carbocycles. The van der Waals surface area contributed by atoms with E-state index in [4.69, 9.17) is 0 Å². The molecule has 0 saturated heterocycles. The summed E-state index contributed by atoms with van der Waals surface area (Å²) < 4.78 is 0. The maximum atomic E-state index is 2.55. The molecule has 0 fully saturated rings. The van der Waals surface area contributed by atoms with Gasteiger partial charge in [0.2, 0.25) is 0 Å². The van der Waals surface area contributed by atoms with E-state index in [1.807, 2.05) is 0 Å². The van der Waals surface area contributed by atoms with E-state index < -0.39 is 0 Å². The SMILES string of the molecule is CC(C)(C)N(CC=CCN(Cc1ccccc1)Cc1ccccc1)C(C)(C)C. The average Bonchev–Trinajstić information content (AvgIpc) is 2.61. The Labute approximate surface area is 172 Å². The van der Waals surface area contributed by atoms with E-state index in [1.54, 1.807) is 0 Å². The predicted octanol–water partition coefficient (Wildman–Crippen LogP) is 6.14. The second-order valence-corrected chi connectivity index (χ2v) is 9.56. The van der Waals surface area contributed by atoms with Gasteiger partial charge in [-0.05, 0) is 52.7 Å². The van der Waals surface area contributed by atoms with Gasteiger partial charge in [-0.15, -0.1) is 0 Å². The quantitative estimate of drug-likeness (QED) is 0.509. The molecule has 2 aromatic rings. The monoisotopic (exact) mass is 378 g/mol. The minimum absolute atomic E-state index is 0.149. The fraction of sp³-hybridized carbons (Fsp3) is 0.462. The topological polar surface area (TPSA) is 6.48 Å². The highest BCUT2D eigenvalue weighted by Gasteiger charge is 2.30. The Hall–Kier alpha value is -1.90. The van der Waals surface area contributed by atoms with E-state index in [-0.39, 0.29) is 11.1 Å². The van der Waals surface area contributed by atoms with Crippen LogP contribution in [-0.2, 0) is 13.1 Å². The Morgan fingerprint density at radius 1 is 0.607 bits per heavy atom. The van der Waals surface area contributed by atoms with Crippen molar-refractivity contribution in [2.75, 3.05) is 13.1 Å². The standard InChI is InChI=1S/C26H38N2/c1-25(2,3)28(26(4,5)6)20-14-13-19-27(21-23-15-9-7-10-16-23)22-24-17-11-8-12-18-24/h7-18H,19-22H2,1-6H3. The third kappa shape index (κ3) is 7.61. The third-order valence-electron chi connectivity index (χ3n) is 4.94. The van der Waals surface area contributed by atoms with E-state index in [9.17, 15) is 0 Å². The Morgan fingerprint density at radius 3 is 1.39 bits per heavy atom. The summed E-state index contributed by atoms with van der Waals surface area (Å²) in [6.45, 7) is 17.6. The second-order valence-electron chi connectivity index (χ2n) is 9.56. The maximum absolute atomic E-state index is 2.55. The van der Waals surface area contributed by atoms with Crippen molar-refractivity contribution < 1.29 is 0 Å². The number of benzene rings is 2. The van der Waals surface area contributed by atoms with Gasteiger partial charge in [0.15, 0.2) is 0 Å². The molecule has 0 spiro atoms. The summed E-state index contributed by atoms with van der Waals surface area (Å²) in [7, 11) is 0. The third-order valence-corrected chi connectivity index (χ3v) is 4.94. The molecule has 2 nitrogen and oxygen atoms in total.